The molecule has 1 aliphatic rings. The van der Waals surface area contributed by atoms with Crippen LogP contribution in [0.3, 0.4) is 0 Å². The summed E-state index contributed by atoms with van der Waals surface area (Å²) in [5, 5.41) is 17.8. The molecule has 6 nitrogen and oxygen atoms in total. The van der Waals surface area contributed by atoms with E-state index in [2.05, 4.69) is 10.4 Å². The number of carboxylic acids is 1. The molecular formula is C17H21Cl2N3O3. The Morgan fingerprint density at radius 2 is 2.08 bits per heavy atom. The maximum atomic E-state index is 11.0. The van der Waals surface area contributed by atoms with Crippen molar-refractivity contribution in [1.29, 1.82) is 0 Å². The maximum absolute atomic E-state index is 11.0. The molecule has 0 aliphatic carbocycles. The molecule has 8 heteroatoms. The second-order valence-electron chi connectivity index (χ2n) is 5.73. The van der Waals surface area contributed by atoms with Gasteiger partial charge in [-0.3, -0.25) is 4.68 Å². The van der Waals surface area contributed by atoms with Gasteiger partial charge in [-0.25, -0.2) is 4.79 Å². The van der Waals surface area contributed by atoms with Crippen molar-refractivity contribution in [2.45, 2.75) is 6.42 Å². The SMILES string of the molecule is Clc1ccccc1Cl.Cn1cc(C(=O)O)c(CC2CNCCOC2)n1. The van der Waals surface area contributed by atoms with E-state index >= 15 is 0 Å². The predicted octanol–water partition coefficient (Wildman–Crippen LogP) is 2.89. The van der Waals surface area contributed by atoms with Crippen molar-refractivity contribution < 1.29 is 14.6 Å². The Kier molecular flexibility index (Phi) is 7.71. The lowest BCUT2D eigenvalue weighted by atomic mass is 10.0. The number of benzene rings is 1. The Morgan fingerprint density at radius 1 is 1.40 bits per heavy atom. The van der Waals surface area contributed by atoms with Crippen LogP contribution in [0.15, 0.2) is 30.5 Å². The van der Waals surface area contributed by atoms with Crippen molar-refractivity contribution in [3.8, 4) is 0 Å². The molecule has 0 bridgehead atoms. The summed E-state index contributed by atoms with van der Waals surface area (Å²) in [6, 6.07) is 7.19. The minimum Gasteiger partial charge on any atom is -0.478 e. The van der Waals surface area contributed by atoms with Gasteiger partial charge in [0.05, 0.1) is 29.0 Å². The van der Waals surface area contributed by atoms with Crippen LogP contribution in [0.4, 0.5) is 0 Å². The molecule has 3 rings (SSSR count). The van der Waals surface area contributed by atoms with E-state index in [1.165, 1.54) is 0 Å². The van der Waals surface area contributed by atoms with Gasteiger partial charge in [-0.05, 0) is 18.6 Å². The van der Waals surface area contributed by atoms with Crippen molar-refractivity contribution in [3.05, 3.63) is 51.8 Å². The normalized spacial score (nSPS) is 17.3. The highest BCUT2D eigenvalue weighted by Gasteiger charge is 2.20. The van der Waals surface area contributed by atoms with Gasteiger partial charge in [0.1, 0.15) is 5.56 Å². The average molecular weight is 386 g/mol. The van der Waals surface area contributed by atoms with Crippen LogP contribution in [0.25, 0.3) is 0 Å². The third-order valence-electron chi connectivity index (χ3n) is 3.65. The predicted molar refractivity (Wildman–Crippen MR) is 97.5 cm³/mol. The van der Waals surface area contributed by atoms with Crippen LogP contribution in [-0.4, -0.2) is 47.2 Å². The van der Waals surface area contributed by atoms with Crippen LogP contribution in [0, 0.1) is 5.92 Å². The third kappa shape index (κ3) is 6.32. The summed E-state index contributed by atoms with van der Waals surface area (Å²) < 4.78 is 6.99. The number of nitrogens with zero attached hydrogens (tertiary/aromatic N) is 2. The number of hydrogen-bond acceptors (Lipinski definition) is 4. The van der Waals surface area contributed by atoms with Crippen LogP contribution < -0.4 is 5.32 Å². The van der Waals surface area contributed by atoms with E-state index < -0.39 is 5.97 Å². The first-order chi connectivity index (χ1) is 12.0. The number of carboxylic acid groups (broad SMARTS) is 1. The first kappa shape index (κ1) is 19.7. The van der Waals surface area contributed by atoms with Gasteiger partial charge in [0, 0.05) is 32.3 Å². The summed E-state index contributed by atoms with van der Waals surface area (Å²) in [4.78, 5) is 11.0. The summed E-state index contributed by atoms with van der Waals surface area (Å²) in [7, 11) is 1.73. The largest absolute Gasteiger partial charge is 0.478 e. The number of carbonyl (C=O) groups is 1. The minimum atomic E-state index is -0.921. The molecule has 1 saturated heterocycles. The lowest BCUT2D eigenvalue weighted by Gasteiger charge is -2.12. The van der Waals surface area contributed by atoms with Crippen LogP contribution in [0.1, 0.15) is 16.1 Å². The van der Waals surface area contributed by atoms with Crippen LogP contribution in [0.5, 0.6) is 0 Å². The smallest absolute Gasteiger partial charge is 0.339 e. The number of aryl methyl sites for hydroxylation is 1. The zero-order valence-corrected chi connectivity index (χ0v) is 15.4. The van der Waals surface area contributed by atoms with E-state index in [1.54, 1.807) is 30.1 Å². The molecule has 1 aromatic carbocycles. The molecule has 0 spiro atoms. The molecule has 1 unspecified atom stereocenters. The van der Waals surface area contributed by atoms with Crippen molar-refractivity contribution in [3.63, 3.8) is 0 Å². The fraction of sp³-hybridized carbons (Fsp3) is 0.412. The molecule has 2 aromatic rings. The average Bonchev–Trinajstić information content (AvgIpc) is 2.77. The standard InChI is InChI=1S/C11H17N3O3.C6H4Cl2/c1-14-6-9(11(15)16)10(13-14)4-8-5-12-2-3-17-7-8;7-5-3-1-2-4-6(5)8/h6,8,12H,2-5,7H2,1H3,(H,15,16);1-4H. The van der Waals surface area contributed by atoms with Gasteiger partial charge in [-0.1, -0.05) is 35.3 Å². The van der Waals surface area contributed by atoms with E-state index in [-0.39, 0.29) is 11.5 Å². The van der Waals surface area contributed by atoms with Crippen molar-refractivity contribution in [2.75, 3.05) is 26.3 Å². The highest BCUT2D eigenvalue weighted by molar-refractivity contribution is 6.41. The van der Waals surface area contributed by atoms with Crippen LogP contribution >= 0.6 is 23.2 Å². The monoisotopic (exact) mass is 385 g/mol. The molecule has 1 atom stereocenters. The molecule has 0 amide bonds. The summed E-state index contributed by atoms with van der Waals surface area (Å²) in [6.07, 6.45) is 2.18. The fourth-order valence-electron chi connectivity index (χ4n) is 2.47. The number of aromatic nitrogens is 2. The Balaban J connectivity index is 0.000000236. The summed E-state index contributed by atoms with van der Waals surface area (Å²) in [6.45, 7) is 3.06. The fourth-order valence-corrected chi connectivity index (χ4v) is 2.74. The molecular weight excluding hydrogens is 365 g/mol. The Labute approximate surface area is 156 Å². The zero-order chi connectivity index (χ0) is 18.2. The van der Waals surface area contributed by atoms with E-state index in [0.717, 1.165) is 13.1 Å². The second-order valence-corrected chi connectivity index (χ2v) is 6.55. The quantitative estimate of drug-likeness (QED) is 0.849. The number of rotatable bonds is 3. The summed E-state index contributed by atoms with van der Waals surface area (Å²) in [5.41, 5.74) is 0.925. The number of nitrogens with one attached hydrogen (secondary N) is 1. The molecule has 2 heterocycles. The Bertz CT molecular complexity index is 677. The van der Waals surface area contributed by atoms with Gasteiger partial charge < -0.3 is 15.2 Å². The van der Waals surface area contributed by atoms with Crippen LogP contribution in [0.2, 0.25) is 10.0 Å². The summed E-state index contributed by atoms with van der Waals surface area (Å²) >= 11 is 11.2. The van der Waals surface area contributed by atoms with Gasteiger partial charge in [-0.15, -0.1) is 0 Å². The van der Waals surface area contributed by atoms with Gasteiger partial charge in [-0.2, -0.15) is 5.10 Å². The number of halogens is 2. The van der Waals surface area contributed by atoms with Gasteiger partial charge in [0.2, 0.25) is 0 Å². The van der Waals surface area contributed by atoms with E-state index in [9.17, 15) is 4.79 Å². The van der Waals surface area contributed by atoms with E-state index in [4.69, 9.17) is 33.0 Å². The van der Waals surface area contributed by atoms with Crippen LogP contribution in [-0.2, 0) is 18.2 Å². The molecule has 0 saturated carbocycles. The van der Waals surface area contributed by atoms with Crippen molar-refractivity contribution >= 4 is 29.2 Å². The summed E-state index contributed by atoms with van der Waals surface area (Å²) in [5.74, 6) is -0.638. The third-order valence-corrected chi connectivity index (χ3v) is 4.41. The Morgan fingerprint density at radius 3 is 2.68 bits per heavy atom. The molecule has 1 fully saturated rings. The molecule has 136 valence electrons. The highest BCUT2D eigenvalue weighted by Crippen LogP contribution is 2.19. The van der Waals surface area contributed by atoms with E-state index in [0.29, 0.717) is 35.4 Å². The maximum Gasteiger partial charge on any atom is 0.339 e. The second kappa shape index (κ2) is 9.77. The molecule has 1 aromatic heterocycles. The lowest BCUT2D eigenvalue weighted by molar-refractivity contribution is 0.0694. The topological polar surface area (TPSA) is 76.4 Å². The van der Waals surface area contributed by atoms with Crippen molar-refractivity contribution in [1.82, 2.24) is 15.1 Å². The molecule has 1 aliphatic heterocycles. The molecule has 2 N–H and O–H groups in total. The van der Waals surface area contributed by atoms with E-state index in [1.807, 2.05) is 12.1 Å². The zero-order valence-electron chi connectivity index (χ0n) is 13.9. The lowest BCUT2D eigenvalue weighted by Crippen LogP contribution is -2.25. The number of aromatic carboxylic acids is 1. The first-order valence-electron chi connectivity index (χ1n) is 7.91. The van der Waals surface area contributed by atoms with Gasteiger partial charge >= 0.3 is 5.97 Å². The first-order valence-corrected chi connectivity index (χ1v) is 8.67. The Hall–Kier alpha value is -1.60. The molecule has 0 radical (unpaired) electrons. The number of ether oxygens (including phenoxy) is 1. The molecule has 25 heavy (non-hydrogen) atoms. The number of hydrogen-bond donors (Lipinski definition) is 2. The van der Waals surface area contributed by atoms with Gasteiger partial charge in [0.25, 0.3) is 0 Å². The van der Waals surface area contributed by atoms with Gasteiger partial charge in [0.15, 0.2) is 0 Å². The minimum absolute atomic E-state index is 0.283. The highest BCUT2D eigenvalue weighted by atomic mass is 35.5. The van der Waals surface area contributed by atoms with Crippen molar-refractivity contribution in [2.24, 2.45) is 13.0 Å².